The smallest absolute Gasteiger partial charge is 0.255 e. The SMILES string of the molecule is CC1(Cc2ccc3c(c2)OCO3)CCCN(C(=O)c2cc[nH]c2)C1. The number of H-pyrrole nitrogens is 1. The van der Waals surface area contributed by atoms with Crippen LogP contribution >= 0.6 is 0 Å². The molecular weight excluding hydrogens is 304 g/mol. The number of aromatic nitrogens is 1. The molecule has 1 N–H and O–H groups in total. The molecule has 0 aliphatic carbocycles. The monoisotopic (exact) mass is 326 g/mol. The van der Waals surface area contributed by atoms with Crippen molar-refractivity contribution in [1.29, 1.82) is 0 Å². The third-order valence-electron chi connectivity index (χ3n) is 4.98. The lowest BCUT2D eigenvalue weighted by Crippen LogP contribution is -2.45. The molecule has 1 aromatic carbocycles. The Hall–Kier alpha value is -2.43. The highest BCUT2D eigenvalue weighted by molar-refractivity contribution is 5.94. The van der Waals surface area contributed by atoms with Gasteiger partial charge in [-0.1, -0.05) is 13.0 Å². The van der Waals surface area contributed by atoms with Gasteiger partial charge in [-0.15, -0.1) is 0 Å². The van der Waals surface area contributed by atoms with Gasteiger partial charge in [-0.2, -0.15) is 0 Å². The van der Waals surface area contributed by atoms with Gasteiger partial charge in [0, 0.05) is 25.5 Å². The molecule has 1 saturated heterocycles. The zero-order chi connectivity index (χ0) is 16.6. The van der Waals surface area contributed by atoms with Gasteiger partial charge >= 0.3 is 0 Å². The van der Waals surface area contributed by atoms with Gasteiger partial charge in [-0.3, -0.25) is 4.79 Å². The van der Waals surface area contributed by atoms with Crippen LogP contribution in [-0.4, -0.2) is 35.7 Å². The molecule has 1 atom stereocenters. The Morgan fingerprint density at radius 2 is 2.17 bits per heavy atom. The molecule has 1 unspecified atom stereocenters. The van der Waals surface area contributed by atoms with Gasteiger partial charge in [0.15, 0.2) is 11.5 Å². The Morgan fingerprint density at radius 1 is 1.29 bits per heavy atom. The van der Waals surface area contributed by atoms with E-state index < -0.39 is 0 Å². The molecule has 3 heterocycles. The summed E-state index contributed by atoms with van der Waals surface area (Å²) in [6, 6.07) is 7.99. The zero-order valence-electron chi connectivity index (χ0n) is 13.9. The van der Waals surface area contributed by atoms with Gasteiger partial charge in [0.25, 0.3) is 5.91 Å². The van der Waals surface area contributed by atoms with Crippen LogP contribution in [0.1, 0.15) is 35.7 Å². The highest BCUT2D eigenvalue weighted by atomic mass is 16.7. The lowest BCUT2D eigenvalue weighted by atomic mass is 9.77. The van der Waals surface area contributed by atoms with Gasteiger partial charge in [0.2, 0.25) is 6.79 Å². The molecule has 0 bridgehead atoms. The summed E-state index contributed by atoms with van der Waals surface area (Å²) in [5.74, 6) is 1.76. The van der Waals surface area contributed by atoms with Crippen LogP contribution in [0.25, 0.3) is 0 Å². The largest absolute Gasteiger partial charge is 0.454 e. The third-order valence-corrected chi connectivity index (χ3v) is 4.98. The number of likely N-dealkylation sites (tertiary alicyclic amines) is 1. The molecule has 0 saturated carbocycles. The molecule has 5 nitrogen and oxygen atoms in total. The summed E-state index contributed by atoms with van der Waals surface area (Å²) in [5, 5.41) is 0. The number of amides is 1. The summed E-state index contributed by atoms with van der Waals surface area (Å²) in [7, 11) is 0. The quantitative estimate of drug-likeness (QED) is 0.942. The van der Waals surface area contributed by atoms with Gasteiger partial charge in [-0.05, 0) is 48.4 Å². The molecule has 2 aromatic rings. The molecule has 4 rings (SSSR count). The zero-order valence-corrected chi connectivity index (χ0v) is 13.9. The number of aromatic amines is 1. The topological polar surface area (TPSA) is 54.6 Å². The fourth-order valence-electron chi connectivity index (χ4n) is 3.82. The number of carbonyl (C=O) groups excluding carboxylic acids is 1. The number of benzene rings is 1. The maximum atomic E-state index is 12.6. The molecule has 0 spiro atoms. The average Bonchev–Trinajstić information content (AvgIpc) is 3.25. The predicted octanol–water partition coefficient (Wildman–Crippen LogP) is 3.23. The van der Waals surface area contributed by atoms with E-state index in [9.17, 15) is 4.79 Å². The number of ether oxygens (including phenoxy) is 2. The fourth-order valence-corrected chi connectivity index (χ4v) is 3.82. The second kappa shape index (κ2) is 5.89. The van der Waals surface area contributed by atoms with Gasteiger partial charge < -0.3 is 19.4 Å². The van der Waals surface area contributed by atoms with Crippen molar-refractivity contribution in [2.24, 2.45) is 5.41 Å². The average molecular weight is 326 g/mol. The summed E-state index contributed by atoms with van der Waals surface area (Å²) in [5.41, 5.74) is 2.05. The minimum atomic E-state index is 0.0813. The molecule has 1 fully saturated rings. The lowest BCUT2D eigenvalue weighted by Gasteiger charge is -2.40. The summed E-state index contributed by atoms with van der Waals surface area (Å²) in [4.78, 5) is 17.6. The van der Waals surface area contributed by atoms with E-state index >= 15 is 0 Å². The van der Waals surface area contributed by atoms with Crippen molar-refractivity contribution in [3.05, 3.63) is 47.8 Å². The molecule has 126 valence electrons. The Morgan fingerprint density at radius 3 is 3.00 bits per heavy atom. The Labute approximate surface area is 141 Å². The van der Waals surface area contributed by atoms with E-state index in [1.54, 1.807) is 12.4 Å². The van der Waals surface area contributed by atoms with Crippen LogP contribution in [0.2, 0.25) is 0 Å². The van der Waals surface area contributed by atoms with E-state index in [-0.39, 0.29) is 11.3 Å². The summed E-state index contributed by atoms with van der Waals surface area (Å²) in [6.07, 6.45) is 6.66. The molecular formula is C19H22N2O3. The van der Waals surface area contributed by atoms with E-state index in [1.165, 1.54) is 5.56 Å². The van der Waals surface area contributed by atoms with Crippen LogP contribution in [0.15, 0.2) is 36.7 Å². The number of carbonyl (C=O) groups is 1. The van der Waals surface area contributed by atoms with Crippen LogP contribution in [-0.2, 0) is 6.42 Å². The van der Waals surface area contributed by atoms with Gasteiger partial charge in [0.1, 0.15) is 0 Å². The van der Waals surface area contributed by atoms with E-state index in [0.717, 1.165) is 49.4 Å². The van der Waals surface area contributed by atoms with E-state index in [2.05, 4.69) is 24.0 Å². The highest BCUT2D eigenvalue weighted by Crippen LogP contribution is 2.37. The molecule has 1 amide bonds. The maximum absolute atomic E-state index is 12.6. The second-order valence-corrected chi connectivity index (χ2v) is 7.10. The number of nitrogens with one attached hydrogen (secondary N) is 1. The number of nitrogens with zero attached hydrogens (tertiary/aromatic N) is 1. The molecule has 5 heteroatoms. The van der Waals surface area contributed by atoms with Crippen LogP contribution in [0, 0.1) is 5.41 Å². The van der Waals surface area contributed by atoms with Crippen LogP contribution in [0.3, 0.4) is 0 Å². The molecule has 2 aliphatic heterocycles. The second-order valence-electron chi connectivity index (χ2n) is 7.10. The molecule has 0 radical (unpaired) electrons. The van der Waals surface area contributed by atoms with E-state index in [0.29, 0.717) is 6.79 Å². The molecule has 24 heavy (non-hydrogen) atoms. The highest BCUT2D eigenvalue weighted by Gasteiger charge is 2.34. The first kappa shape index (κ1) is 15.1. The van der Waals surface area contributed by atoms with Crippen molar-refractivity contribution >= 4 is 5.91 Å². The summed E-state index contributed by atoms with van der Waals surface area (Å²) < 4.78 is 10.9. The number of piperidine rings is 1. The van der Waals surface area contributed by atoms with Crippen molar-refractivity contribution < 1.29 is 14.3 Å². The van der Waals surface area contributed by atoms with Crippen LogP contribution in [0.5, 0.6) is 11.5 Å². The molecule has 1 aromatic heterocycles. The molecule has 2 aliphatic rings. The van der Waals surface area contributed by atoms with Crippen molar-refractivity contribution in [3.8, 4) is 11.5 Å². The van der Waals surface area contributed by atoms with E-state index in [4.69, 9.17) is 9.47 Å². The Bertz CT molecular complexity index is 741. The number of hydrogen-bond acceptors (Lipinski definition) is 3. The number of hydrogen-bond donors (Lipinski definition) is 1. The van der Waals surface area contributed by atoms with Crippen LogP contribution < -0.4 is 9.47 Å². The first-order chi connectivity index (χ1) is 11.6. The third kappa shape index (κ3) is 2.86. The van der Waals surface area contributed by atoms with Crippen LogP contribution in [0.4, 0.5) is 0 Å². The maximum Gasteiger partial charge on any atom is 0.255 e. The van der Waals surface area contributed by atoms with Crippen molar-refractivity contribution in [3.63, 3.8) is 0 Å². The predicted molar refractivity (Wildman–Crippen MR) is 90.3 cm³/mol. The standard InChI is InChI=1S/C19H22N2O3/c1-19(10-14-3-4-16-17(9-14)24-13-23-16)6-2-8-21(12-19)18(22)15-5-7-20-11-15/h3-5,7,9,11,20H,2,6,8,10,12-13H2,1H3. The van der Waals surface area contributed by atoms with Gasteiger partial charge in [0.05, 0.1) is 5.56 Å². The van der Waals surface area contributed by atoms with Gasteiger partial charge in [-0.25, -0.2) is 0 Å². The first-order valence-corrected chi connectivity index (χ1v) is 8.44. The summed E-state index contributed by atoms with van der Waals surface area (Å²) in [6.45, 7) is 4.19. The van der Waals surface area contributed by atoms with Crippen molar-refractivity contribution in [2.45, 2.75) is 26.2 Å². The van der Waals surface area contributed by atoms with Crippen molar-refractivity contribution in [1.82, 2.24) is 9.88 Å². The van der Waals surface area contributed by atoms with E-state index in [1.807, 2.05) is 17.0 Å². The fraction of sp³-hybridized carbons (Fsp3) is 0.421. The Balaban J connectivity index is 1.49. The summed E-state index contributed by atoms with van der Waals surface area (Å²) >= 11 is 0. The first-order valence-electron chi connectivity index (χ1n) is 8.44. The normalized spacial score (nSPS) is 22.6. The number of fused-ring (bicyclic) bond motifs is 1. The minimum Gasteiger partial charge on any atom is -0.454 e. The van der Waals surface area contributed by atoms with Crippen molar-refractivity contribution in [2.75, 3.05) is 19.9 Å². The Kier molecular flexibility index (Phi) is 3.71. The minimum absolute atomic E-state index is 0.0813. The lowest BCUT2D eigenvalue weighted by molar-refractivity contribution is 0.0551. The number of rotatable bonds is 3.